The Hall–Kier alpha value is -1.93. The van der Waals surface area contributed by atoms with E-state index in [9.17, 15) is 27.5 Å². The molecule has 0 saturated carbocycles. The van der Waals surface area contributed by atoms with E-state index >= 15 is 0 Å². The summed E-state index contributed by atoms with van der Waals surface area (Å²) in [6.45, 7) is 1.18. The van der Waals surface area contributed by atoms with Gasteiger partial charge in [0, 0.05) is 4.88 Å². The maximum Gasteiger partial charge on any atom is 0.419 e. The molecule has 1 aromatic heterocycles. The SMILES string of the molecule is CC(O)(CNC(=O)c1cccc(C(F)(F)F)c1F)c1cccs1. The molecule has 0 spiro atoms. The Morgan fingerprint density at radius 3 is 2.52 bits per heavy atom. The number of aliphatic hydroxyl groups is 1. The largest absolute Gasteiger partial charge is 0.419 e. The third kappa shape index (κ3) is 3.89. The first-order chi connectivity index (χ1) is 10.6. The molecule has 0 aliphatic heterocycles. The van der Waals surface area contributed by atoms with Crippen molar-refractivity contribution in [2.24, 2.45) is 0 Å². The van der Waals surface area contributed by atoms with Gasteiger partial charge in [-0.15, -0.1) is 11.3 Å². The van der Waals surface area contributed by atoms with Crippen LogP contribution < -0.4 is 5.32 Å². The van der Waals surface area contributed by atoms with Crippen LogP contribution in [0.1, 0.15) is 27.7 Å². The molecule has 2 rings (SSSR count). The highest BCUT2D eigenvalue weighted by Gasteiger charge is 2.36. The van der Waals surface area contributed by atoms with Crippen LogP contribution in [0, 0.1) is 5.82 Å². The van der Waals surface area contributed by atoms with Crippen molar-refractivity contribution in [3.05, 3.63) is 57.5 Å². The predicted octanol–water partition coefficient (Wildman–Crippen LogP) is 3.54. The van der Waals surface area contributed by atoms with E-state index in [-0.39, 0.29) is 6.54 Å². The molecule has 124 valence electrons. The Morgan fingerprint density at radius 2 is 1.96 bits per heavy atom. The molecule has 2 N–H and O–H groups in total. The highest BCUT2D eigenvalue weighted by atomic mass is 32.1. The van der Waals surface area contributed by atoms with E-state index in [0.717, 1.165) is 12.1 Å². The van der Waals surface area contributed by atoms with Gasteiger partial charge in [-0.2, -0.15) is 13.2 Å². The summed E-state index contributed by atoms with van der Waals surface area (Å²) >= 11 is 1.26. The minimum Gasteiger partial charge on any atom is -0.383 e. The fraction of sp³-hybridized carbons (Fsp3) is 0.267. The maximum absolute atomic E-state index is 13.9. The number of carbonyl (C=O) groups is 1. The lowest BCUT2D eigenvalue weighted by atomic mass is 10.0. The van der Waals surface area contributed by atoms with E-state index in [1.165, 1.54) is 18.3 Å². The average molecular weight is 347 g/mol. The second-order valence-corrected chi connectivity index (χ2v) is 6.05. The summed E-state index contributed by atoms with van der Waals surface area (Å²) in [4.78, 5) is 12.5. The fourth-order valence-electron chi connectivity index (χ4n) is 1.95. The van der Waals surface area contributed by atoms with E-state index in [1.807, 2.05) is 0 Å². The molecule has 0 aliphatic carbocycles. The third-order valence-electron chi connectivity index (χ3n) is 3.19. The maximum atomic E-state index is 13.9. The van der Waals surface area contributed by atoms with E-state index in [2.05, 4.69) is 5.32 Å². The van der Waals surface area contributed by atoms with Gasteiger partial charge >= 0.3 is 6.18 Å². The first-order valence-corrected chi connectivity index (χ1v) is 7.41. The minimum atomic E-state index is -4.89. The van der Waals surface area contributed by atoms with Gasteiger partial charge in [0.2, 0.25) is 0 Å². The minimum absolute atomic E-state index is 0.262. The number of nitrogens with one attached hydrogen (secondary N) is 1. The van der Waals surface area contributed by atoms with E-state index < -0.39 is 34.6 Å². The average Bonchev–Trinajstić information content (AvgIpc) is 2.99. The molecule has 0 bridgehead atoms. The van der Waals surface area contributed by atoms with Crippen molar-refractivity contribution >= 4 is 17.2 Å². The monoisotopic (exact) mass is 347 g/mol. The van der Waals surface area contributed by atoms with E-state index in [1.54, 1.807) is 17.5 Å². The van der Waals surface area contributed by atoms with Gasteiger partial charge in [-0.1, -0.05) is 12.1 Å². The molecule has 1 heterocycles. The lowest BCUT2D eigenvalue weighted by Gasteiger charge is -2.22. The van der Waals surface area contributed by atoms with Crippen LogP contribution in [0.15, 0.2) is 35.7 Å². The summed E-state index contributed by atoms with van der Waals surface area (Å²) in [6.07, 6.45) is -4.89. The Morgan fingerprint density at radius 1 is 1.26 bits per heavy atom. The molecule has 8 heteroatoms. The lowest BCUT2D eigenvalue weighted by Crippen LogP contribution is -2.38. The molecule has 1 amide bonds. The quantitative estimate of drug-likeness (QED) is 0.831. The van der Waals surface area contributed by atoms with Crippen LogP contribution in [0.2, 0.25) is 0 Å². The molecule has 1 unspecified atom stereocenters. The molecular formula is C15H13F4NO2S. The molecule has 1 aromatic carbocycles. The van der Waals surface area contributed by atoms with Crippen LogP contribution in [0.5, 0.6) is 0 Å². The molecular weight excluding hydrogens is 334 g/mol. The first-order valence-electron chi connectivity index (χ1n) is 6.53. The molecule has 0 saturated heterocycles. The van der Waals surface area contributed by atoms with Gasteiger partial charge in [-0.3, -0.25) is 4.79 Å². The van der Waals surface area contributed by atoms with Gasteiger partial charge in [0.05, 0.1) is 17.7 Å². The lowest BCUT2D eigenvalue weighted by molar-refractivity contribution is -0.140. The van der Waals surface area contributed by atoms with Crippen molar-refractivity contribution in [3.63, 3.8) is 0 Å². The van der Waals surface area contributed by atoms with E-state index in [0.29, 0.717) is 10.9 Å². The smallest absolute Gasteiger partial charge is 0.383 e. The van der Waals surface area contributed by atoms with Crippen molar-refractivity contribution < 1.29 is 27.5 Å². The Balaban J connectivity index is 2.16. The van der Waals surface area contributed by atoms with Gasteiger partial charge in [-0.05, 0) is 30.5 Å². The van der Waals surface area contributed by atoms with Crippen molar-refractivity contribution in [1.82, 2.24) is 5.32 Å². The topological polar surface area (TPSA) is 49.3 Å². The van der Waals surface area contributed by atoms with Crippen molar-refractivity contribution in [2.75, 3.05) is 6.54 Å². The highest BCUT2D eigenvalue weighted by molar-refractivity contribution is 7.10. The summed E-state index contributed by atoms with van der Waals surface area (Å²) in [5.74, 6) is -2.65. The molecule has 0 fully saturated rings. The zero-order valence-corrected chi connectivity index (χ0v) is 12.8. The number of benzene rings is 1. The van der Waals surface area contributed by atoms with E-state index in [4.69, 9.17) is 0 Å². The van der Waals surface area contributed by atoms with Gasteiger partial charge in [0.25, 0.3) is 5.91 Å². The predicted molar refractivity (Wildman–Crippen MR) is 77.6 cm³/mol. The van der Waals surface area contributed by atoms with Crippen LogP contribution in [0.25, 0.3) is 0 Å². The molecule has 3 nitrogen and oxygen atoms in total. The summed E-state index contributed by atoms with van der Waals surface area (Å²) in [7, 11) is 0. The van der Waals surface area contributed by atoms with Crippen molar-refractivity contribution in [3.8, 4) is 0 Å². The van der Waals surface area contributed by atoms with Crippen LogP contribution in [0.4, 0.5) is 17.6 Å². The fourth-order valence-corrected chi connectivity index (χ4v) is 2.73. The summed E-state index contributed by atoms with van der Waals surface area (Å²) in [5.41, 5.74) is -3.63. The Bertz CT molecular complexity index is 696. The molecule has 1 atom stereocenters. The highest BCUT2D eigenvalue weighted by Crippen LogP contribution is 2.32. The summed E-state index contributed by atoms with van der Waals surface area (Å²) < 4.78 is 51.8. The van der Waals surface area contributed by atoms with Crippen molar-refractivity contribution in [2.45, 2.75) is 18.7 Å². The zero-order valence-electron chi connectivity index (χ0n) is 11.9. The summed E-state index contributed by atoms with van der Waals surface area (Å²) in [6, 6.07) is 5.84. The number of hydrogen-bond acceptors (Lipinski definition) is 3. The van der Waals surface area contributed by atoms with Crippen LogP contribution in [0.3, 0.4) is 0 Å². The number of hydrogen-bond donors (Lipinski definition) is 2. The third-order valence-corrected chi connectivity index (χ3v) is 4.32. The zero-order chi connectivity index (χ0) is 17.3. The summed E-state index contributed by atoms with van der Waals surface area (Å²) in [5, 5.41) is 14.2. The molecule has 0 radical (unpaired) electrons. The second kappa shape index (κ2) is 6.29. The number of halogens is 4. The standard InChI is InChI=1S/C15H13F4NO2S/c1-14(22,11-6-3-7-23-11)8-20-13(21)9-4-2-5-10(12(9)16)15(17,18)19/h2-7,22H,8H2,1H3,(H,20,21). The number of rotatable bonds is 4. The number of alkyl halides is 3. The second-order valence-electron chi connectivity index (χ2n) is 5.10. The molecule has 2 aromatic rings. The molecule has 23 heavy (non-hydrogen) atoms. The normalized spacial score (nSPS) is 14.3. The van der Waals surface area contributed by atoms with Crippen LogP contribution >= 0.6 is 11.3 Å². The Labute approximate surface area is 133 Å². The Kier molecular flexibility index (Phi) is 4.76. The number of thiophene rings is 1. The van der Waals surface area contributed by atoms with Crippen molar-refractivity contribution in [1.29, 1.82) is 0 Å². The van der Waals surface area contributed by atoms with Gasteiger partial charge in [0.1, 0.15) is 11.4 Å². The molecule has 0 aliphatic rings. The van der Waals surface area contributed by atoms with Gasteiger partial charge in [-0.25, -0.2) is 4.39 Å². The van der Waals surface area contributed by atoms with Crippen LogP contribution in [-0.4, -0.2) is 17.6 Å². The number of carbonyl (C=O) groups excluding carboxylic acids is 1. The van der Waals surface area contributed by atoms with Crippen LogP contribution in [-0.2, 0) is 11.8 Å². The van der Waals surface area contributed by atoms with Gasteiger partial charge in [0.15, 0.2) is 0 Å². The number of amides is 1. The van der Waals surface area contributed by atoms with Gasteiger partial charge < -0.3 is 10.4 Å². The first kappa shape index (κ1) is 17.4.